The van der Waals surface area contributed by atoms with Crippen molar-refractivity contribution in [1.29, 1.82) is 0 Å². The maximum atomic E-state index is 13.5. The molecule has 188 valence electrons. The molecule has 11 nitrogen and oxygen atoms in total. The summed E-state index contributed by atoms with van der Waals surface area (Å²) in [5.74, 6) is 0.513. The third-order valence-corrected chi connectivity index (χ3v) is 6.72. The minimum absolute atomic E-state index is 0.0609. The van der Waals surface area contributed by atoms with E-state index in [0.717, 1.165) is 0 Å². The van der Waals surface area contributed by atoms with E-state index in [9.17, 15) is 13.2 Å². The van der Waals surface area contributed by atoms with E-state index in [0.29, 0.717) is 39.6 Å². The van der Waals surface area contributed by atoms with Gasteiger partial charge in [-0.15, -0.1) is 0 Å². The van der Waals surface area contributed by atoms with Crippen LogP contribution in [0.25, 0.3) is 27.9 Å². The summed E-state index contributed by atoms with van der Waals surface area (Å²) in [6, 6.07) is 18.0. The van der Waals surface area contributed by atoms with Crippen LogP contribution >= 0.6 is 0 Å². The predicted molar refractivity (Wildman–Crippen MR) is 140 cm³/mol. The number of nitrogens with one attached hydrogen (secondary N) is 1. The number of methoxy groups -OCH3 is 2. The van der Waals surface area contributed by atoms with Gasteiger partial charge in [-0.2, -0.15) is 0 Å². The first-order valence-electron chi connectivity index (χ1n) is 10.9. The van der Waals surface area contributed by atoms with Crippen LogP contribution in [-0.4, -0.2) is 43.1 Å². The molecule has 0 fully saturated rings. The van der Waals surface area contributed by atoms with Crippen molar-refractivity contribution in [2.45, 2.75) is 4.90 Å². The Morgan fingerprint density at radius 3 is 2.19 bits per heavy atom. The van der Waals surface area contributed by atoms with Crippen LogP contribution in [0.2, 0.25) is 0 Å². The number of nitrogens with two attached hydrogens (primary N) is 2. The quantitative estimate of drug-likeness (QED) is 0.309. The van der Waals surface area contributed by atoms with E-state index in [-0.39, 0.29) is 21.8 Å². The van der Waals surface area contributed by atoms with Crippen LogP contribution in [0.4, 0.5) is 11.5 Å². The number of nitrogen functional groups attached to an aromatic ring is 1. The third-order valence-electron chi connectivity index (χ3n) is 5.79. The Kier molecular flexibility index (Phi) is 5.90. The first-order chi connectivity index (χ1) is 17.7. The Bertz CT molecular complexity index is 1780. The number of anilines is 2. The van der Waals surface area contributed by atoms with Gasteiger partial charge in [0.1, 0.15) is 16.9 Å². The van der Waals surface area contributed by atoms with E-state index in [4.69, 9.17) is 25.3 Å². The van der Waals surface area contributed by atoms with E-state index in [1.807, 2.05) is 12.1 Å². The molecule has 1 amide bonds. The molecule has 0 unspecified atom stereocenters. The summed E-state index contributed by atoms with van der Waals surface area (Å²) in [7, 11) is -0.874. The summed E-state index contributed by atoms with van der Waals surface area (Å²) in [5, 5.41) is 8.06. The number of carbonyl (C=O) groups is 1. The number of hydrogen-bond donors (Lipinski definition) is 3. The van der Waals surface area contributed by atoms with Crippen molar-refractivity contribution in [3.8, 4) is 17.2 Å². The lowest BCUT2D eigenvalue weighted by molar-refractivity contribution is 0.102. The first kappa shape index (κ1) is 24.0. The highest BCUT2D eigenvalue weighted by Crippen LogP contribution is 2.33. The van der Waals surface area contributed by atoms with Crippen LogP contribution < -0.4 is 25.7 Å². The second-order valence-electron chi connectivity index (χ2n) is 8.04. The molecule has 0 aliphatic rings. The van der Waals surface area contributed by atoms with Crippen molar-refractivity contribution in [2.24, 2.45) is 5.14 Å². The smallest absolute Gasteiger partial charge is 0.261 e. The standard InChI is InChI=1S/C25H22N6O5S/c1-35-19-12-7-14(13-20(19)36-2)28-25(32)21-22-24(30-18-6-4-3-5-17(18)29-22)31(23(21)26)15-8-10-16(11-9-15)37(27,33)34/h3-13H,26H2,1-2H3,(H,28,32)(H2,27,33,34). The number of hydrogen-bond acceptors (Lipinski definition) is 8. The van der Waals surface area contributed by atoms with E-state index in [1.54, 1.807) is 34.9 Å². The molecule has 0 aliphatic carbocycles. The highest BCUT2D eigenvalue weighted by atomic mass is 32.2. The van der Waals surface area contributed by atoms with E-state index < -0.39 is 15.9 Å². The SMILES string of the molecule is COc1ccc(NC(=O)c2c(N)n(-c3ccc(S(N)(=O)=O)cc3)c3nc4ccccc4nc23)cc1OC. The summed E-state index contributed by atoms with van der Waals surface area (Å²) in [6.45, 7) is 0. The number of para-hydroxylation sites is 2. The minimum Gasteiger partial charge on any atom is -0.493 e. The van der Waals surface area contributed by atoms with Gasteiger partial charge in [0.15, 0.2) is 17.1 Å². The lowest BCUT2D eigenvalue weighted by Gasteiger charge is -2.11. The van der Waals surface area contributed by atoms with Gasteiger partial charge in [-0.25, -0.2) is 23.5 Å². The maximum absolute atomic E-state index is 13.5. The fourth-order valence-corrected chi connectivity index (χ4v) is 4.55. The van der Waals surface area contributed by atoms with E-state index in [2.05, 4.69) is 10.3 Å². The van der Waals surface area contributed by atoms with Crippen molar-refractivity contribution >= 4 is 49.6 Å². The number of carbonyl (C=O) groups excluding carboxylic acids is 1. The number of amides is 1. The molecule has 0 aliphatic heterocycles. The summed E-state index contributed by atoms with van der Waals surface area (Å²) in [6.07, 6.45) is 0. The van der Waals surface area contributed by atoms with Crippen molar-refractivity contribution in [1.82, 2.24) is 14.5 Å². The Morgan fingerprint density at radius 2 is 1.57 bits per heavy atom. The fraction of sp³-hybridized carbons (Fsp3) is 0.0800. The zero-order valence-corrected chi connectivity index (χ0v) is 20.6. The molecule has 37 heavy (non-hydrogen) atoms. The van der Waals surface area contributed by atoms with E-state index >= 15 is 0 Å². The van der Waals surface area contributed by atoms with Crippen molar-refractivity contribution in [3.05, 3.63) is 72.3 Å². The number of nitrogens with zero attached hydrogens (tertiary/aromatic N) is 3. The zero-order chi connectivity index (χ0) is 26.3. The minimum atomic E-state index is -3.89. The second kappa shape index (κ2) is 9.08. The van der Waals surface area contributed by atoms with Crippen LogP contribution in [-0.2, 0) is 10.0 Å². The van der Waals surface area contributed by atoms with Crippen molar-refractivity contribution < 1.29 is 22.7 Å². The topological polar surface area (TPSA) is 164 Å². The van der Waals surface area contributed by atoms with Gasteiger partial charge in [0.25, 0.3) is 5.91 Å². The van der Waals surface area contributed by atoms with Gasteiger partial charge >= 0.3 is 0 Å². The molecule has 5 aromatic rings. The first-order valence-corrected chi connectivity index (χ1v) is 12.5. The molecular weight excluding hydrogens is 496 g/mol. The van der Waals surface area contributed by atoms with Gasteiger partial charge in [0, 0.05) is 17.4 Å². The van der Waals surface area contributed by atoms with Gasteiger partial charge in [-0.05, 0) is 48.5 Å². The highest BCUT2D eigenvalue weighted by Gasteiger charge is 2.25. The Balaban J connectivity index is 1.68. The normalized spacial score (nSPS) is 11.5. The number of ether oxygens (including phenoxy) is 2. The van der Waals surface area contributed by atoms with Crippen molar-refractivity contribution in [3.63, 3.8) is 0 Å². The Hall–Kier alpha value is -4.68. The third kappa shape index (κ3) is 4.28. The molecule has 2 heterocycles. The average molecular weight is 519 g/mol. The Labute approximate surface area is 211 Å². The van der Waals surface area contributed by atoms with Crippen LogP contribution in [0, 0.1) is 0 Å². The summed E-state index contributed by atoms with van der Waals surface area (Å²) in [4.78, 5) is 22.9. The van der Waals surface area contributed by atoms with Gasteiger partial charge in [-0.1, -0.05) is 12.1 Å². The molecule has 3 aromatic carbocycles. The lowest BCUT2D eigenvalue weighted by Crippen LogP contribution is -2.15. The number of primary sulfonamides is 1. The number of benzene rings is 3. The van der Waals surface area contributed by atoms with Crippen molar-refractivity contribution in [2.75, 3.05) is 25.3 Å². The monoisotopic (exact) mass is 518 g/mol. The molecule has 0 saturated carbocycles. The predicted octanol–water partition coefficient (Wildman–Crippen LogP) is 3.07. The molecule has 0 spiro atoms. The van der Waals surface area contributed by atoms with E-state index in [1.165, 1.54) is 38.5 Å². The lowest BCUT2D eigenvalue weighted by atomic mass is 10.2. The molecule has 0 atom stereocenters. The summed E-state index contributed by atoms with van der Waals surface area (Å²) in [5.41, 5.74) is 9.36. The molecule has 5 N–H and O–H groups in total. The second-order valence-corrected chi connectivity index (χ2v) is 9.60. The number of aromatic nitrogens is 3. The summed E-state index contributed by atoms with van der Waals surface area (Å²) >= 11 is 0. The molecule has 0 radical (unpaired) electrons. The summed E-state index contributed by atoms with van der Waals surface area (Å²) < 4.78 is 35.6. The number of rotatable bonds is 6. The Morgan fingerprint density at radius 1 is 0.919 bits per heavy atom. The molecule has 5 rings (SSSR count). The fourth-order valence-electron chi connectivity index (χ4n) is 4.04. The zero-order valence-electron chi connectivity index (χ0n) is 19.8. The molecule has 12 heteroatoms. The maximum Gasteiger partial charge on any atom is 0.261 e. The largest absolute Gasteiger partial charge is 0.493 e. The van der Waals surface area contributed by atoms with Gasteiger partial charge in [-0.3, -0.25) is 9.36 Å². The van der Waals surface area contributed by atoms with Crippen LogP contribution in [0.15, 0.2) is 71.6 Å². The van der Waals surface area contributed by atoms with Gasteiger partial charge in [0.05, 0.1) is 30.1 Å². The van der Waals surface area contributed by atoms with Gasteiger partial charge < -0.3 is 20.5 Å². The highest BCUT2D eigenvalue weighted by molar-refractivity contribution is 7.89. The molecule has 2 aromatic heterocycles. The van der Waals surface area contributed by atoms with Gasteiger partial charge in [0.2, 0.25) is 10.0 Å². The van der Waals surface area contributed by atoms with Crippen LogP contribution in [0.1, 0.15) is 10.4 Å². The number of fused-ring (bicyclic) bond motifs is 2. The van der Waals surface area contributed by atoms with Crippen LogP contribution in [0.5, 0.6) is 11.5 Å². The number of sulfonamides is 1. The molecule has 0 bridgehead atoms. The average Bonchev–Trinajstić information content (AvgIpc) is 3.17. The molecular formula is C25H22N6O5S. The van der Waals surface area contributed by atoms with Crippen LogP contribution in [0.3, 0.4) is 0 Å². The molecule has 0 saturated heterocycles.